The van der Waals surface area contributed by atoms with Crippen molar-refractivity contribution in [3.63, 3.8) is 0 Å². The van der Waals surface area contributed by atoms with Gasteiger partial charge in [-0.2, -0.15) is 5.10 Å². The average Bonchev–Trinajstić information content (AvgIpc) is 2.33. The molecule has 0 aliphatic rings. The molecular formula is C7H7ClN2O2S. The molecule has 1 aromatic heterocycles. The molecule has 0 bridgehead atoms. The summed E-state index contributed by atoms with van der Waals surface area (Å²) in [6, 6.07) is 0. The molecule has 0 fully saturated rings. The van der Waals surface area contributed by atoms with E-state index in [0.29, 0.717) is 12.1 Å². The lowest BCUT2D eigenvalue weighted by Crippen LogP contribution is -1.95. The molecule has 0 aliphatic carbocycles. The Hall–Kier alpha value is -0.990. The van der Waals surface area contributed by atoms with Crippen molar-refractivity contribution in [3.05, 3.63) is 18.0 Å². The van der Waals surface area contributed by atoms with E-state index in [0.717, 1.165) is 0 Å². The quantitative estimate of drug-likeness (QED) is 0.551. The minimum absolute atomic E-state index is 0.223. The van der Waals surface area contributed by atoms with Gasteiger partial charge in [-0.05, 0) is 0 Å². The topological polar surface area (TPSA) is 52.0 Å². The van der Waals surface area contributed by atoms with Crippen molar-refractivity contribution >= 4 is 19.7 Å². The van der Waals surface area contributed by atoms with Crippen LogP contribution in [0.3, 0.4) is 0 Å². The van der Waals surface area contributed by atoms with Crippen molar-refractivity contribution in [1.29, 1.82) is 0 Å². The van der Waals surface area contributed by atoms with Gasteiger partial charge in [-0.25, -0.2) is 8.42 Å². The summed E-state index contributed by atoms with van der Waals surface area (Å²) in [7, 11) is 1.54. The van der Waals surface area contributed by atoms with E-state index in [1.807, 2.05) is 0 Å². The number of hydrogen-bond donors (Lipinski definition) is 0. The molecule has 0 saturated carbocycles. The lowest BCUT2D eigenvalue weighted by Gasteiger charge is -1.91. The summed E-state index contributed by atoms with van der Waals surface area (Å²) >= 11 is 0. The maximum Gasteiger partial charge on any atom is 0.236 e. The summed E-state index contributed by atoms with van der Waals surface area (Å²) in [6.45, 7) is 0.322. The molecule has 0 atom stereocenters. The molecule has 1 rings (SSSR count). The van der Waals surface area contributed by atoms with E-state index in [2.05, 4.69) is 11.0 Å². The van der Waals surface area contributed by atoms with Crippen molar-refractivity contribution in [1.82, 2.24) is 9.78 Å². The fourth-order valence-corrected chi connectivity index (χ4v) is 1.79. The standard InChI is InChI=1S/C7H7ClN2O2S/c1-2-3-10-5-7(4-9-10)6-13(8,11)12/h1,4-5H,3,6H2. The van der Waals surface area contributed by atoms with E-state index in [9.17, 15) is 8.42 Å². The molecular weight excluding hydrogens is 212 g/mol. The Morgan fingerprint density at radius 2 is 2.38 bits per heavy atom. The number of rotatable bonds is 3. The summed E-state index contributed by atoms with van der Waals surface area (Å²) in [5.74, 6) is 2.16. The first kappa shape index (κ1) is 10.1. The predicted octanol–water partition coefficient (Wildman–Crippen LogP) is 0.585. The fourth-order valence-electron chi connectivity index (χ4n) is 0.860. The van der Waals surface area contributed by atoms with E-state index in [-0.39, 0.29) is 5.75 Å². The van der Waals surface area contributed by atoms with Crippen molar-refractivity contribution in [3.8, 4) is 12.3 Å². The molecule has 0 saturated heterocycles. The summed E-state index contributed by atoms with van der Waals surface area (Å²) in [6.07, 6.45) is 8.03. The van der Waals surface area contributed by atoms with Gasteiger partial charge in [0.1, 0.15) is 6.54 Å². The van der Waals surface area contributed by atoms with Crippen LogP contribution in [-0.2, 0) is 21.3 Å². The van der Waals surface area contributed by atoms with Crippen molar-refractivity contribution in [2.45, 2.75) is 12.3 Å². The van der Waals surface area contributed by atoms with Gasteiger partial charge in [0.25, 0.3) is 0 Å². The lowest BCUT2D eigenvalue weighted by atomic mass is 10.4. The van der Waals surface area contributed by atoms with Gasteiger partial charge < -0.3 is 0 Å². The van der Waals surface area contributed by atoms with Gasteiger partial charge in [0.15, 0.2) is 0 Å². The third-order valence-electron chi connectivity index (χ3n) is 1.28. The molecule has 70 valence electrons. The summed E-state index contributed by atoms with van der Waals surface area (Å²) < 4.78 is 22.8. The summed E-state index contributed by atoms with van der Waals surface area (Å²) in [5, 5.41) is 3.84. The molecule has 13 heavy (non-hydrogen) atoms. The largest absolute Gasteiger partial charge is 0.260 e. The Morgan fingerprint density at radius 1 is 1.69 bits per heavy atom. The Labute approximate surface area is 80.9 Å². The number of nitrogens with zero attached hydrogens (tertiary/aromatic N) is 2. The second-order valence-electron chi connectivity index (χ2n) is 2.43. The summed E-state index contributed by atoms with van der Waals surface area (Å²) in [4.78, 5) is 0. The molecule has 0 N–H and O–H groups in total. The predicted molar refractivity (Wildman–Crippen MR) is 49.5 cm³/mol. The van der Waals surface area contributed by atoms with Crippen LogP contribution in [0.2, 0.25) is 0 Å². The molecule has 0 radical (unpaired) electrons. The number of hydrogen-bond acceptors (Lipinski definition) is 3. The Balaban J connectivity index is 2.76. The third kappa shape index (κ3) is 3.49. The van der Waals surface area contributed by atoms with Crippen LogP contribution in [-0.4, -0.2) is 18.2 Å². The maximum atomic E-state index is 10.7. The third-order valence-corrected chi connectivity index (χ3v) is 2.28. The van der Waals surface area contributed by atoms with Crippen molar-refractivity contribution < 1.29 is 8.42 Å². The molecule has 6 heteroatoms. The van der Waals surface area contributed by atoms with Crippen molar-refractivity contribution in [2.24, 2.45) is 0 Å². The normalized spacial score (nSPS) is 11.1. The molecule has 0 aliphatic heterocycles. The molecule has 0 unspecified atom stereocenters. The zero-order valence-electron chi connectivity index (χ0n) is 6.64. The first-order valence-electron chi connectivity index (χ1n) is 3.38. The van der Waals surface area contributed by atoms with Crippen molar-refractivity contribution in [2.75, 3.05) is 0 Å². The van der Waals surface area contributed by atoms with E-state index in [1.54, 1.807) is 6.20 Å². The van der Waals surface area contributed by atoms with Gasteiger partial charge in [-0.1, -0.05) is 5.92 Å². The van der Waals surface area contributed by atoms with Crippen LogP contribution in [0.15, 0.2) is 12.4 Å². The maximum absolute atomic E-state index is 10.7. The zero-order valence-corrected chi connectivity index (χ0v) is 8.22. The van der Waals surface area contributed by atoms with Crippen LogP contribution in [0.25, 0.3) is 0 Å². The summed E-state index contributed by atoms with van der Waals surface area (Å²) in [5.41, 5.74) is 0.533. The van der Waals surface area contributed by atoms with Crippen LogP contribution in [0, 0.1) is 12.3 Å². The highest BCUT2D eigenvalue weighted by atomic mass is 35.7. The minimum Gasteiger partial charge on any atom is -0.260 e. The van der Waals surface area contributed by atoms with E-state index in [1.165, 1.54) is 10.9 Å². The zero-order chi connectivity index (χ0) is 9.90. The molecule has 0 aromatic carbocycles. The van der Waals surface area contributed by atoms with Crippen LogP contribution in [0.4, 0.5) is 0 Å². The SMILES string of the molecule is C#CCn1cc(CS(=O)(=O)Cl)cn1. The highest BCUT2D eigenvalue weighted by Crippen LogP contribution is 2.08. The highest BCUT2D eigenvalue weighted by Gasteiger charge is 2.08. The van der Waals surface area contributed by atoms with E-state index >= 15 is 0 Å². The molecule has 0 amide bonds. The van der Waals surface area contributed by atoms with Gasteiger partial charge in [0.05, 0.1) is 11.9 Å². The van der Waals surface area contributed by atoms with Crippen LogP contribution in [0.5, 0.6) is 0 Å². The second kappa shape index (κ2) is 3.81. The Bertz CT molecular complexity index is 430. The monoisotopic (exact) mass is 218 g/mol. The number of terminal acetylenes is 1. The van der Waals surface area contributed by atoms with Gasteiger partial charge in [0.2, 0.25) is 9.05 Å². The first-order chi connectivity index (χ1) is 6.01. The van der Waals surface area contributed by atoms with Gasteiger partial charge in [-0.3, -0.25) is 4.68 Å². The Morgan fingerprint density at radius 3 is 2.92 bits per heavy atom. The smallest absolute Gasteiger partial charge is 0.236 e. The van der Waals surface area contributed by atoms with Crippen LogP contribution >= 0.6 is 10.7 Å². The average molecular weight is 219 g/mol. The molecule has 1 heterocycles. The fraction of sp³-hybridized carbons (Fsp3) is 0.286. The molecule has 1 aromatic rings. The van der Waals surface area contributed by atoms with E-state index < -0.39 is 9.05 Å². The number of halogens is 1. The lowest BCUT2D eigenvalue weighted by molar-refractivity contribution is 0.609. The Kier molecular flexibility index (Phi) is 2.96. The van der Waals surface area contributed by atoms with Gasteiger partial charge >= 0.3 is 0 Å². The van der Waals surface area contributed by atoms with Gasteiger partial charge in [0, 0.05) is 22.4 Å². The minimum atomic E-state index is -3.51. The number of aromatic nitrogens is 2. The second-order valence-corrected chi connectivity index (χ2v) is 5.21. The van der Waals surface area contributed by atoms with E-state index in [4.69, 9.17) is 17.1 Å². The highest BCUT2D eigenvalue weighted by molar-refractivity contribution is 8.13. The molecule has 4 nitrogen and oxygen atoms in total. The van der Waals surface area contributed by atoms with Crippen LogP contribution < -0.4 is 0 Å². The van der Waals surface area contributed by atoms with Gasteiger partial charge in [-0.15, -0.1) is 6.42 Å². The first-order valence-corrected chi connectivity index (χ1v) is 5.86. The van der Waals surface area contributed by atoms with Crippen LogP contribution in [0.1, 0.15) is 5.56 Å². The molecule has 0 spiro atoms.